The molecule has 1 aromatic rings. The van der Waals surface area contributed by atoms with Crippen molar-refractivity contribution in [3.8, 4) is 5.75 Å². The molecular formula is C12H15BrO. The van der Waals surface area contributed by atoms with Gasteiger partial charge in [0.1, 0.15) is 5.75 Å². The maximum Gasteiger partial charge on any atom is 0.120 e. The highest BCUT2D eigenvalue weighted by Crippen LogP contribution is 2.36. The van der Waals surface area contributed by atoms with E-state index >= 15 is 0 Å². The Morgan fingerprint density at radius 1 is 1.21 bits per heavy atom. The molecular weight excluding hydrogens is 240 g/mol. The van der Waals surface area contributed by atoms with E-state index in [9.17, 15) is 0 Å². The van der Waals surface area contributed by atoms with Crippen LogP contribution in [0.4, 0.5) is 0 Å². The second-order valence-corrected chi connectivity index (χ2v) is 4.82. The zero-order chi connectivity index (χ0) is 9.97. The summed E-state index contributed by atoms with van der Waals surface area (Å²) in [7, 11) is 1.72. The van der Waals surface area contributed by atoms with E-state index in [1.165, 1.54) is 31.2 Å². The third-order valence-corrected chi connectivity index (χ3v) is 3.41. The van der Waals surface area contributed by atoms with E-state index in [4.69, 9.17) is 4.74 Å². The lowest BCUT2D eigenvalue weighted by atomic mass is 9.98. The Balaban J connectivity index is 2.27. The van der Waals surface area contributed by atoms with Crippen molar-refractivity contribution in [3.63, 3.8) is 0 Å². The van der Waals surface area contributed by atoms with Gasteiger partial charge in [-0.25, -0.2) is 0 Å². The Bertz CT molecular complexity index is 316. The Labute approximate surface area is 93.6 Å². The second-order valence-electron chi connectivity index (χ2n) is 3.91. The first-order chi connectivity index (χ1) is 6.79. The number of halogens is 1. The van der Waals surface area contributed by atoms with Gasteiger partial charge in [0.05, 0.1) is 7.11 Å². The van der Waals surface area contributed by atoms with Crippen molar-refractivity contribution < 1.29 is 4.74 Å². The highest BCUT2D eigenvalue weighted by Gasteiger charge is 2.17. The summed E-state index contributed by atoms with van der Waals surface area (Å²) in [5, 5.41) is 0. The minimum atomic E-state index is 0.751. The summed E-state index contributed by atoms with van der Waals surface area (Å²) in [5.74, 6) is 1.71. The maximum absolute atomic E-state index is 5.27. The van der Waals surface area contributed by atoms with Crippen molar-refractivity contribution in [3.05, 3.63) is 28.2 Å². The third-order valence-electron chi connectivity index (χ3n) is 2.96. The summed E-state index contributed by atoms with van der Waals surface area (Å²) in [5.41, 5.74) is 1.42. The van der Waals surface area contributed by atoms with E-state index in [0.717, 1.165) is 16.1 Å². The smallest absolute Gasteiger partial charge is 0.120 e. The second kappa shape index (κ2) is 4.35. The molecule has 1 aliphatic carbocycles. The summed E-state index contributed by atoms with van der Waals surface area (Å²) in [6.45, 7) is 0. The lowest BCUT2D eigenvalue weighted by Gasteiger charge is -2.11. The number of benzene rings is 1. The maximum atomic E-state index is 5.27. The van der Waals surface area contributed by atoms with Gasteiger partial charge in [0.15, 0.2) is 0 Å². The van der Waals surface area contributed by atoms with Crippen LogP contribution in [0.2, 0.25) is 0 Å². The molecule has 0 aliphatic heterocycles. The number of rotatable bonds is 2. The van der Waals surface area contributed by atoms with Crippen LogP contribution in [-0.2, 0) is 0 Å². The molecule has 1 nitrogen and oxygen atoms in total. The van der Waals surface area contributed by atoms with Crippen molar-refractivity contribution in [2.75, 3.05) is 7.11 Å². The first-order valence-corrected chi connectivity index (χ1v) is 5.93. The molecule has 1 aliphatic rings. The topological polar surface area (TPSA) is 9.23 Å². The van der Waals surface area contributed by atoms with Gasteiger partial charge in [-0.3, -0.25) is 0 Å². The standard InChI is InChI=1S/C12H15BrO/c1-14-12-7-10(6-11(13)8-12)9-4-2-3-5-9/h6-9H,2-5H2,1H3. The SMILES string of the molecule is COc1cc(Br)cc(C2CCCC2)c1. The van der Waals surface area contributed by atoms with E-state index in [0.29, 0.717) is 0 Å². The fourth-order valence-corrected chi connectivity index (χ4v) is 2.69. The molecule has 0 atom stereocenters. The van der Waals surface area contributed by atoms with Gasteiger partial charge in [0, 0.05) is 4.47 Å². The van der Waals surface area contributed by atoms with Crippen LogP contribution in [0.3, 0.4) is 0 Å². The van der Waals surface area contributed by atoms with E-state index < -0.39 is 0 Å². The van der Waals surface area contributed by atoms with Gasteiger partial charge in [-0.2, -0.15) is 0 Å². The van der Waals surface area contributed by atoms with Gasteiger partial charge in [-0.05, 0) is 42.5 Å². The van der Waals surface area contributed by atoms with Crippen LogP contribution >= 0.6 is 15.9 Å². The molecule has 0 heterocycles. The van der Waals surface area contributed by atoms with Gasteiger partial charge in [0.2, 0.25) is 0 Å². The zero-order valence-electron chi connectivity index (χ0n) is 8.42. The zero-order valence-corrected chi connectivity index (χ0v) is 10.0. The van der Waals surface area contributed by atoms with Gasteiger partial charge in [-0.1, -0.05) is 28.8 Å². The lowest BCUT2D eigenvalue weighted by Crippen LogP contribution is -1.93. The van der Waals surface area contributed by atoms with Crippen LogP contribution in [0.25, 0.3) is 0 Å². The summed E-state index contributed by atoms with van der Waals surface area (Å²) in [6, 6.07) is 6.40. The molecule has 1 saturated carbocycles. The first-order valence-electron chi connectivity index (χ1n) is 5.14. The van der Waals surface area contributed by atoms with Gasteiger partial charge in [0.25, 0.3) is 0 Å². The molecule has 76 valence electrons. The van der Waals surface area contributed by atoms with Crippen LogP contribution in [0, 0.1) is 0 Å². The fraction of sp³-hybridized carbons (Fsp3) is 0.500. The molecule has 1 aromatic carbocycles. The van der Waals surface area contributed by atoms with Crippen molar-refractivity contribution in [2.45, 2.75) is 31.6 Å². The van der Waals surface area contributed by atoms with Crippen molar-refractivity contribution in [2.24, 2.45) is 0 Å². The van der Waals surface area contributed by atoms with Crippen LogP contribution in [-0.4, -0.2) is 7.11 Å². The molecule has 0 radical (unpaired) electrons. The molecule has 0 unspecified atom stereocenters. The molecule has 0 bridgehead atoms. The molecule has 0 spiro atoms. The highest BCUT2D eigenvalue weighted by molar-refractivity contribution is 9.10. The average molecular weight is 255 g/mol. The lowest BCUT2D eigenvalue weighted by molar-refractivity contribution is 0.413. The highest BCUT2D eigenvalue weighted by atomic mass is 79.9. The predicted molar refractivity (Wildman–Crippen MR) is 61.9 cm³/mol. The number of hydrogen-bond donors (Lipinski definition) is 0. The summed E-state index contributed by atoms with van der Waals surface area (Å²) >= 11 is 3.52. The number of methoxy groups -OCH3 is 1. The van der Waals surface area contributed by atoms with Gasteiger partial charge < -0.3 is 4.74 Å². The predicted octanol–water partition coefficient (Wildman–Crippen LogP) is 4.12. The molecule has 14 heavy (non-hydrogen) atoms. The first kappa shape index (κ1) is 10.0. The van der Waals surface area contributed by atoms with E-state index in [2.05, 4.69) is 28.1 Å². The summed E-state index contributed by atoms with van der Waals surface area (Å²) < 4.78 is 6.39. The van der Waals surface area contributed by atoms with E-state index in [1.807, 2.05) is 6.07 Å². The van der Waals surface area contributed by atoms with Gasteiger partial charge >= 0.3 is 0 Å². The molecule has 1 fully saturated rings. The van der Waals surface area contributed by atoms with Crippen LogP contribution in [0.15, 0.2) is 22.7 Å². The molecule has 0 N–H and O–H groups in total. The minimum absolute atomic E-state index is 0.751. The number of hydrogen-bond acceptors (Lipinski definition) is 1. The minimum Gasteiger partial charge on any atom is -0.497 e. The Morgan fingerprint density at radius 3 is 2.57 bits per heavy atom. The molecule has 0 saturated heterocycles. The molecule has 2 heteroatoms. The Kier molecular flexibility index (Phi) is 3.12. The quantitative estimate of drug-likeness (QED) is 0.772. The van der Waals surface area contributed by atoms with E-state index in [1.54, 1.807) is 7.11 Å². The van der Waals surface area contributed by atoms with Crippen molar-refractivity contribution in [1.82, 2.24) is 0 Å². The Morgan fingerprint density at radius 2 is 1.93 bits per heavy atom. The normalized spacial score (nSPS) is 17.3. The molecule has 0 amide bonds. The summed E-state index contributed by atoms with van der Waals surface area (Å²) in [4.78, 5) is 0. The average Bonchev–Trinajstić information content (AvgIpc) is 2.69. The van der Waals surface area contributed by atoms with Crippen molar-refractivity contribution >= 4 is 15.9 Å². The Hall–Kier alpha value is -0.500. The monoisotopic (exact) mass is 254 g/mol. The molecule has 0 aromatic heterocycles. The van der Waals surface area contributed by atoms with Crippen LogP contribution in [0.5, 0.6) is 5.75 Å². The van der Waals surface area contributed by atoms with Gasteiger partial charge in [-0.15, -0.1) is 0 Å². The van der Waals surface area contributed by atoms with E-state index in [-0.39, 0.29) is 0 Å². The molecule has 2 rings (SSSR count). The van der Waals surface area contributed by atoms with Crippen LogP contribution < -0.4 is 4.74 Å². The fourth-order valence-electron chi connectivity index (χ4n) is 2.20. The third kappa shape index (κ3) is 2.11. The van der Waals surface area contributed by atoms with Crippen molar-refractivity contribution in [1.29, 1.82) is 0 Å². The number of ether oxygens (including phenoxy) is 1. The summed E-state index contributed by atoms with van der Waals surface area (Å²) in [6.07, 6.45) is 5.41. The van der Waals surface area contributed by atoms with Crippen LogP contribution in [0.1, 0.15) is 37.2 Å². The largest absolute Gasteiger partial charge is 0.497 e.